The highest BCUT2D eigenvalue weighted by atomic mass is 15.2. The van der Waals surface area contributed by atoms with Crippen LogP contribution in [0.5, 0.6) is 0 Å². The highest BCUT2D eigenvalue weighted by Gasteiger charge is 2.34. The fraction of sp³-hybridized carbons (Fsp3) is 1.00. The van der Waals surface area contributed by atoms with Crippen LogP contribution in [0, 0.1) is 5.92 Å². The molecule has 2 nitrogen and oxygen atoms in total. The fourth-order valence-corrected chi connectivity index (χ4v) is 3.74. The number of piperidine rings is 1. The first-order valence-corrected chi connectivity index (χ1v) is 6.90. The molecule has 2 heterocycles. The largest absolute Gasteiger partial charge is 0.311 e. The van der Waals surface area contributed by atoms with Crippen molar-refractivity contribution in [2.45, 2.75) is 57.0 Å². The van der Waals surface area contributed by atoms with Gasteiger partial charge in [0.1, 0.15) is 0 Å². The van der Waals surface area contributed by atoms with Gasteiger partial charge in [-0.2, -0.15) is 0 Å². The minimum atomic E-state index is 0.854. The topological polar surface area (TPSA) is 15.3 Å². The summed E-state index contributed by atoms with van der Waals surface area (Å²) >= 11 is 0. The molecule has 2 saturated heterocycles. The molecule has 3 atom stereocenters. The fourth-order valence-electron chi connectivity index (χ4n) is 3.74. The van der Waals surface area contributed by atoms with Crippen molar-refractivity contribution in [3.63, 3.8) is 0 Å². The van der Waals surface area contributed by atoms with Gasteiger partial charge in [0, 0.05) is 18.6 Å². The minimum Gasteiger partial charge on any atom is -0.311 e. The van der Waals surface area contributed by atoms with Crippen molar-refractivity contribution in [2.75, 3.05) is 19.6 Å². The number of fused-ring (bicyclic) bond motifs is 2. The predicted octanol–water partition coefficient (Wildman–Crippen LogP) is 2.00. The molecule has 1 aliphatic carbocycles. The van der Waals surface area contributed by atoms with E-state index in [0.717, 1.165) is 18.0 Å². The molecule has 1 saturated carbocycles. The van der Waals surface area contributed by atoms with Gasteiger partial charge in [0.25, 0.3) is 0 Å². The molecular formula is C13H24N2. The molecule has 2 aliphatic heterocycles. The van der Waals surface area contributed by atoms with Crippen molar-refractivity contribution in [3.05, 3.63) is 0 Å². The van der Waals surface area contributed by atoms with Gasteiger partial charge in [-0.3, -0.25) is 0 Å². The van der Waals surface area contributed by atoms with Crippen molar-refractivity contribution in [1.82, 2.24) is 10.2 Å². The summed E-state index contributed by atoms with van der Waals surface area (Å²) in [4.78, 5) is 2.64. The van der Waals surface area contributed by atoms with Crippen LogP contribution in [-0.4, -0.2) is 36.6 Å². The van der Waals surface area contributed by atoms with Gasteiger partial charge in [0.05, 0.1) is 0 Å². The van der Waals surface area contributed by atoms with E-state index in [-0.39, 0.29) is 0 Å². The summed E-state index contributed by atoms with van der Waals surface area (Å²) in [5.41, 5.74) is 0. The van der Waals surface area contributed by atoms with E-state index in [0.29, 0.717) is 0 Å². The highest BCUT2D eigenvalue weighted by Crippen LogP contribution is 2.28. The van der Waals surface area contributed by atoms with E-state index in [9.17, 15) is 0 Å². The zero-order valence-electron chi connectivity index (χ0n) is 9.75. The van der Waals surface area contributed by atoms with Crippen molar-refractivity contribution in [1.29, 1.82) is 0 Å². The van der Waals surface area contributed by atoms with E-state index < -0.39 is 0 Å². The molecule has 3 fully saturated rings. The number of hydrogen-bond donors (Lipinski definition) is 1. The lowest BCUT2D eigenvalue weighted by Gasteiger charge is -2.35. The molecule has 0 aromatic heterocycles. The van der Waals surface area contributed by atoms with Crippen LogP contribution in [0.15, 0.2) is 0 Å². The molecule has 0 aromatic rings. The molecular weight excluding hydrogens is 184 g/mol. The summed E-state index contributed by atoms with van der Waals surface area (Å²) in [6, 6.07) is 1.71. The smallest absolute Gasteiger partial charge is 0.0123 e. The van der Waals surface area contributed by atoms with Gasteiger partial charge in [-0.1, -0.05) is 19.3 Å². The molecule has 2 bridgehead atoms. The Morgan fingerprint density at radius 3 is 2.53 bits per heavy atom. The lowest BCUT2D eigenvalue weighted by Crippen LogP contribution is -2.48. The second-order valence-electron chi connectivity index (χ2n) is 5.75. The summed E-state index contributed by atoms with van der Waals surface area (Å²) in [6.07, 6.45) is 10.1. The molecule has 0 amide bonds. The Morgan fingerprint density at radius 2 is 1.67 bits per heavy atom. The first-order chi connectivity index (χ1) is 7.42. The Balaban J connectivity index is 1.53. The van der Waals surface area contributed by atoms with Gasteiger partial charge in [0.2, 0.25) is 0 Å². The number of nitrogens with zero attached hydrogens (tertiary/aromatic N) is 1. The Hall–Kier alpha value is -0.0800. The maximum atomic E-state index is 3.96. The lowest BCUT2D eigenvalue weighted by molar-refractivity contribution is 0.198. The van der Waals surface area contributed by atoms with E-state index in [4.69, 9.17) is 0 Å². The molecule has 1 N–H and O–H groups in total. The molecule has 2 heteroatoms. The number of hydrogen-bond acceptors (Lipinski definition) is 2. The third-order valence-corrected chi connectivity index (χ3v) is 4.69. The van der Waals surface area contributed by atoms with Gasteiger partial charge >= 0.3 is 0 Å². The summed E-state index contributed by atoms with van der Waals surface area (Å²) in [7, 11) is 0. The Kier molecular flexibility index (Phi) is 2.98. The second kappa shape index (κ2) is 4.42. The molecule has 0 aromatic carbocycles. The predicted molar refractivity (Wildman–Crippen MR) is 63.0 cm³/mol. The maximum Gasteiger partial charge on any atom is 0.0123 e. The first kappa shape index (κ1) is 10.1. The van der Waals surface area contributed by atoms with Crippen LogP contribution in [0.3, 0.4) is 0 Å². The van der Waals surface area contributed by atoms with Crippen molar-refractivity contribution >= 4 is 0 Å². The van der Waals surface area contributed by atoms with E-state index in [1.54, 1.807) is 0 Å². The molecule has 3 unspecified atom stereocenters. The summed E-state index contributed by atoms with van der Waals surface area (Å²) in [5.74, 6) is 0.973. The van der Waals surface area contributed by atoms with E-state index >= 15 is 0 Å². The zero-order chi connectivity index (χ0) is 10.1. The normalized spacial score (nSPS) is 42.0. The van der Waals surface area contributed by atoms with Crippen molar-refractivity contribution in [3.8, 4) is 0 Å². The third kappa shape index (κ3) is 2.21. The molecule has 3 aliphatic rings. The highest BCUT2D eigenvalue weighted by molar-refractivity contribution is 4.92. The molecule has 86 valence electrons. The standard InChI is InChI=1S/C13H24N2/c1-2-4-12(5-3-1)14-13-7-9-15-8-6-11(13)10-15/h11-14H,1-10H2. The van der Waals surface area contributed by atoms with Crippen LogP contribution in [0.4, 0.5) is 0 Å². The minimum absolute atomic E-state index is 0.854. The van der Waals surface area contributed by atoms with Gasteiger partial charge < -0.3 is 10.2 Å². The molecule has 3 rings (SSSR count). The van der Waals surface area contributed by atoms with Crippen molar-refractivity contribution < 1.29 is 0 Å². The quantitative estimate of drug-likeness (QED) is 0.747. The maximum absolute atomic E-state index is 3.96. The van der Waals surface area contributed by atoms with Gasteiger partial charge in [-0.15, -0.1) is 0 Å². The number of rotatable bonds is 2. The van der Waals surface area contributed by atoms with Crippen LogP contribution < -0.4 is 5.32 Å². The third-order valence-electron chi connectivity index (χ3n) is 4.69. The summed E-state index contributed by atoms with van der Waals surface area (Å²) in [6.45, 7) is 4.10. The zero-order valence-corrected chi connectivity index (χ0v) is 9.75. The average Bonchev–Trinajstić information content (AvgIpc) is 2.67. The lowest BCUT2D eigenvalue weighted by atomic mass is 9.90. The summed E-state index contributed by atoms with van der Waals surface area (Å²) in [5, 5.41) is 3.96. The Labute approximate surface area is 93.4 Å². The molecule has 15 heavy (non-hydrogen) atoms. The van der Waals surface area contributed by atoms with Crippen LogP contribution in [-0.2, 0) is 0 Å². The van der Waals surface area contributed by atoms with Gasteiger partial charge in [-0.05, 0) is 44.7 Å². The number of nitrogens with one attached hydrogen (secondary N) is 1. The van der Waals surface area contributed by atoms with E-state index in [1.807, 2.05) is 0 Å². The second-order valence-corrected chi connectivity index (χ2v) is 5.75. The monoisotopic (exact) mass is 208 g/mol. The Bertz CT molecular complexity index is 211. The van der Waals surface area contributed by atoms with E-state index in [2.05, 4.69) is 10.2 Å². The van der Waals surface area contributed by atoms with Crippen LogP contribution in [0.1, 0.15) is 44.9 Å². The van der Waals surface area contributed by atoms with E-state index in [1.165, 1.54) is 64.6 Å². The van der Waals surface area contributed by atoms with Gasteiger partial charge in [0.15, 0.2) is 0 Å². The average molecular weight is 208 g/mol. The molecule has 0 radical (unpaired) electrons. The SMILES string of the molecule is C1CCC(NC2CCN3CCC2C3)CC1. The summed E-state index contributed by atoms with van der Waals surface area (Å²) < 4.78 is 0. The van der Waals surface area contributed by atoms with Crippen LogP contribution >= 0.6 is 0 Å². The van der Waals surface area contributed by atoms with Crippen LogP contribution in [0.25, 0.3) is 0 Å². The van der Waals surface area contributed by atoms with Crippen LogP contribution in [0.2, 0.25) is 0 Å². The van der Waals surface area contributed by atoms with Crippen molar-refractivity contribution in [2.24, 2.45) is 5.92 Å². The van der Waals surface area contributed by atoms with Gasteiger partial charge in [-0.25, -0.2) is 0 Å². The molecule has 0 spiro atoms. The Morgan fingerprint density at radius 1 is 0.867 bits per heavy atom. The first-order valence-electron chi connectivity index (χ1n) is 6.90.